The summed E-state index contributed by atoms with van der Waals surface area (Å²) in [6.45, 7) is 3.37. The van der Waals surface area contributed by atoms with Crippen molar-refractivity contribution >= 4 is 17.6 Å². The standard InChI is InChI=1S/C6H7ClO2/c1-5(3-4-7)6(8)9-2/h3-4H,1H2,2H3. The Balaban J connectivity index is 3.89. The zero-order chi connectivity index (χ0) is 7.28. The Labute approximate surface area is 58.8 Å². The molecule has 0 aliphatic heterocycles. The lowest BCUT2D eigenvalue weighted by molar-refractivity contribution is -0.135. The van der Waals surface area contributed by atoms with Crippen molar-refractivity contribution in [2.45, 2.75) is 0 Å². The van der Waals surface area contributed by atoms with E-state index in [1.54, 1.807) is 0 Å². The monoisotopic (exact) mass is 146 g/mol. The van der Waals surface area contributed by atoms with E-state index >= 15 is 0 Å². The summed E-state index contributed by atoms with van der Waals surface area (Å²) in [5.74, 6) is -0.466. The van der Waals surface area contributed by atoms with Crippen LogP contribution in [0.5, 0.6) is 0 Å². The van der Waals surface area contributed by atoms with Gasteiger partial charge in [0.25, 0.3) is 0 Å². The predicted molar refractivity (Wildman–Crippen MR) is 36.1 cm³/mol. The highest BCUT2D eigenvalue weighted by Gasteiger charge is 1.99. The summed E-state index contributed by atoms with van der Waals surface area (Å²) >= 11 is 5.15. The first-order valence-corrected chi connectivity index (χ1v) is 2.70. The molecule has 0 atom stereocenters. The first-order chi connectivity index (χ1) is 4.22. The van der Waals surface area contributed by atoms with Gasteiger partial charge in [0.2, 0.25) is 0 Å². The van der Waals surface area contributed by atoms with Crippen LogP contribution in [0.15, 0.2) is 23.8 Å². The van der Waals surface area contributed by atoms with E-state index in [0.717, 1.165) is 0 Å². The van der Waals surface area contributed by atoms with E-state index in [1.807, 2.05) is 0 Å². The van der Waals surface area contributed by atoms with Crippen LogP contribution >= 0.6 is 11.6 Å². The number of carbonyl (C=O) groups excluding carboxylic acids is 1. The lowest BCUT2D eigenvalue weighted by Gasteiger charge is -1.93. The average molecular weight is 147 g/mol. The Morgan fingerprint density at radius 3 is 2.67 bits per heavy atom. The molecule has 0 aromatic rings. The largest absolute Gasteiger partial charge is 0.465 e. The molecule has 50 valence electrons. The van der Waals surface area contributed by atoms with Gasteiger partial charge in [0.05, 0.1) is 12.7 Å². The third-order valence-corrected chi connectivity index (χ3v) is 0.838. The molecular weight excluding hydrogens is 140 g/mol. The van der Waals surface area contributed by atoms with Crippen molar-refractivity contribution < 1.29 is 9.53 Å². The molecule has 0 unspecified atom stereocenters. The topological polar surface area (TPSA) is 26.3 Å². The molecule has 0 aromatic carbocycles. The molecule has 0 saturated heterocycles. The summed E-state index contributed by atoms with van der Waals surface area (Å²) in [4.78, 5) is 10.5. The molecule has 0 rings (SSSR count). The predicted octanol–water partition coefficient (Wildman–Crippen LogP) is 1.47. The van der Waals surface area contributed by atoms with Gasteiger partial charge in [-0.05, 0) is 6.08 Å². The molecule has 0 bridgehead atoms. The van der Waals surface area contributed by atoms with Crippen LogP contribution in [0.25, 0.3) is 0 Å². The highest BCUT2D eigenvalue weighted by molar-refractivity contribution is 6.25. The SMILES string of the molecule is C=C(C=CCl)C(=O)OC. The van der Waals surface area contributed by atoms with Crippen molar-refractivity contribution in [3.8, 4) is 0 Å². The van der Waals surface area contributed by atoms with Crippen LogP contribution in [0.4, 0.5) is 0 Å². The van der Waals surface area contributed by atoms with Crippen molar-refractivity contribution in [3.05, 3.63) is 23.8 Å². The minimum atomic E-state index is -0.466. The Kier molecular flexibility index (Phi) is 3.80. The van der Waals surface area contributed by atoms with Gasteiger partial charge in [-0.15, -0.1) is 0 Å². The summed E-state index contributed by atoms with van der Waals surface area (Å²) in [5, 5.41) is 0. The Hall–Kier alpha value is -0.760. The van der Waals surface area contributed by atoms with Gasteiger partial charge in [-0.3, -0.25) is 0 Å². The highest BCUT2D eigenvalue weighted by Crippen LogP contribution is 1.95. The van der Waals surface area contributed by atoms with E-state index in [2.05, 4.69) is 11.3 Å². The molecular formula is C6H7ClO2. The first kappa shape index (κ1) is 8.24. The molecule has 0 aliphatic carbocycles. The third kappa shape index (κ3) is 2.93. The van der Waals surface area contributed by atoms with Crippen LogP contribution in [-0.4, -0.2) is 13.1 Å². The molecule has 0 aliphatic rings. The van der Waals surface area contributed by atoms with E-state index in [4.69, 9.17) is 11.6 Å². The summed E-state index contributed by atoms with van der Waals surface area (Å²) < 4.78 is 4.32. The van der Waals surface area contributed by atoms with E-state index in [1.165, 1.54) is 18.7 Å². The van der Waals surface area contributed by atoms with Crippen LogP contribution < -0.4 is 0 Å². The fraction of sp³-hybridized carbons (Fsp3) is 0.167. The number of hydrogen-bond acceptors (Lipinski definition) is 2. The van der Waals surface area contributed by atoms with Crippen molar-refractivity contribution in [2.24, 2.45) is 0 Å². The number of hydrogen-bond donors (Lipinski definition) is 0. The van der Waals surface area contributed by atoms with Gasteiger partial charge in [0, 0.05) is 5.54 Å². The lowest BCUT2D eigenvalue weighted by atomic mass is 10.3. The summed E-state index contributed by atoms with van der Waals surface area (Å²) in [7, 11) is 1.29. The van der Waals surface area contributed by atoms with Crippen LogP contribution in [0.3, 0.4) is 0 Å². The number of methoxy groups -OCH3 is 1. The van der Waals surface area contributed by atoms with E-state index in [0.29, 0.717) is 0 Å². The number of halogens is 1. The molecule has 2 nitrogen and oxygen atoms in total. The summed E-state index contributed by atoms with van der Waals surface area (Å²) in [5.41, 5.74) is 1.45. The molecule has 0 N–H and O–H groups in total. The van der Waals surface area contributed by atoms with E-state index in [9.17, 15) is 4.79 Å². The van der Waals surface area contributed by atoms with Crippen LogP contribution in [-0.2, 0) is 9.53 Å². The summed E-state index contributed by atoms with van der Waals surface area (Å²) in [6.07, 6.45) is 1.37. The number of rotatable bonds is 2. The Morgan fingerprint density at radius 1 is 1.78 bits per heavy atom. The minimum Gasteiger partial charge on any atom is -0.465 e. The molecule has 0 aromatic heterocycles. The molecule has 9 heavy (non-hydrogen) atoms. The maximum Gasteiger partial charge on any atom is 0.337 e. The molecule has 0 radical (unpaired) electrons. The maximum absolute atomic E-state index is 10.5. The van der Waals surface area contributed by atoms with Crippen molar-refractivity contribution in [1.82, 2.24) is 0 Å². The van der Waals surface area contributed by atoms with Crippen molar-refractivity contribution in [1.29, 1.82) is 0 Å². The van der Waals surface area contributed by atoms with Gasteiger partial charge in [-0.1, -0.05) is 18.2 Å². The van der Waals surface area contributed by atoms with Crippen molar-refractivity contribution in [3.63, 3.8) is 0 Å². The van der Waals surface area contributed by atoms with Crippen molar-refractivity contribution in [2.75, 3.05) is 7.11 Å². The Bertz CT molecular complexity index is 149. The number of ether oxygens (including phenoxy) is 1. The second-order valence-corrected chi connectivity index (χ2v) is 1.56. The fourth-order valence-electron chi connectivity index (χ4n) is 0.275. The lowest BCUT2D eigenvalue weighted by Crippen LogP contribution is -2.00. The van der Waals surface area contributed by atoms with Crippen LogP contribution in [0, 0.1) is 0 Å². The molecule has 0 fully saturated rings. The normalized spacial score (nSPS) is 9.56. The second-order valence-electron chi connectivity index (χ2n) is 1.31. The van der Waals surface area contributed by atoms with Gasteiger partial charge in [0.15, 0.2) is 0 Å². The average Bonchev–Trinajstić information content (AvgIpc) is 1.87. The first-order valence-electron chi connectivity index (χ1n) is 2.26. The maximum atomic E-state index is 10.5. The molecule has 0 saturated carbocycles. The molecule has 3 heteroatoms. The second kappa shape index (κ2) is 4.15. The number of carbonyl (C=O) groups is 1. The van der Waals surface area contributed by atoms with Gasteiger partial charge in [-0.25, -0.2) is 4.79 Å². The quantitative estimate of drug-likeness (QED) is 0.335. The molecule has 0 spiro atoms. The van der Waals surface area contributed by atoms with Crippen LogP contribution in [0.1, 0.15) is 0 Å². The van der Waals surface area contributed by atoms with E-state index < -0.39 is 5.97 Å². The van der Waals surface area contributed by atoms with Gasteiger partial charge < -0.3 is 4.74 Å². The fourth-order valence-corrected chi connectivity index (χ4v) is 0.427. The highest BCUT2D eigenvalue weighted by atomic mass is 35.5. The number of esters is 1. The Morgan fingerprint density at radius 2 is 2.33 bits per heavy atom. The van der Waals surface area contributed by atoms with E-state index in [-0.39, 0.29) is 5.57 Å². The zero-order valence-corrected chi connectivity index (χ0v) is 5.81. The van der Waals surface area contributed by atoms with Gasteiger partial charge >= 0.3 is 5.97 Å². The minimum absolute atomic E-state index is 0.243. The third-order valence-electron chi connectivity index (χ3n) is 0.712. The zero-order valence-electron chi connectivity index (χ0n) is 5.06. The molecule has 0 amide bonds. The summed E-state index contributed by atoms with van der Waals surface area (Å²) in [6, 6.07) is 0. The smallest absolute Gasteiger partial charge is 0.337 e. The van der Waals surface area contributed by atoms with Gasteiger partial charge in [-0.2, -0.15) is 0 Å². The molecule has 0 heterocycles. The van der Waals surface area contributed by atoms with Gasteiger partial charge in [0.1, 0.15) is 0 Å². The van der Waals surface area contributed by atoms with Crippen LogP contribution in [0.2, 0.25) is 0 Å².